The molecule has 0 aliphatic carbocycles. The average molecular weight is 706 g/mol. The zero-order valence-electron chi connectivity index (χ0n) is 28.7. The summed E-state index contributed by atoms with van der Waals surface area (Å²) in [6, 6.07) is -0.611. The molecule has 0 aromatic rings. The smallest absolute Gasteiger partial charge is 0.317 e. The highest BCUT2D eigenvalue weighted by atomic mass is 16.5. The van der Waals surface area contributed by atoms with Crippen molar-refractivity contribution in [2.75, 3.05) is 98.3 Å². The molecule has 1 fully saturated rings. The van der Waals surface area contributed by atoms with Gasteiger partial charge in [-0.05, 0) is 19.4 Å². The molecule has 0 saturated carbocycles. The number of amides is 1. The molecule has 0 aromatic heterocycles. The molecule has 284 valence electrons. The number of hydrogen-bond acceptors (Lipinski definition) is 13. The molecule has 2 unspecified atom stereocenters. The van der Waals surface area contributed by atoms with Crippen LogP contribution in [0.3, 0.4) is 0 Å². The van der Waals surface area contributed by atoms with Crippen LogP contribution in [0.1, 0.15) is 57.8 Å². The van der Waals surface area contributed by atoms with Crippen molar-refractivity contribution in [3.8, 4) is 0 Å². The molecule has 1 aliphatic rings. The van der Waals surface area contributed by atoms with Gasteiger partial charge in [0.25, 0.3) is 0 Å². The number of ether oxygens (including phenoxy) is 1. The van der Waals surface area contributed by atoms with Crippen molar-refractivity contribution in [3.63, 3.8) is 0 Å². The van der Waals surface area contributed by atoms with Crippen LogP contribution in [0.5, 0.6) is 0 Å². The Balaban J connectivity index is 2.67. The van der Waals surface area contributed by atoms with Gasteiger partial charge in [0.15, 0.2) is 0 Å². The van der Waals surface area contributed by atoms with E-state index in [4.69, 9.17) is 10.6 Å². The molecule has 1 amide bonds. The van der Waals surface area contributed by atoms with Gasteiger partial charge < -0.3 is 35.6 Å². The van der Waals surface area contributed by atoms with Crippen LogP contribution in [0.25, 0.3) is 0 Å². The van der Waals surface area contributed by atoms with E-state index in [0.29, 0.717) is 13.0 Å². The molecule has 18 heteroatoms. The van der Waals surface area contributed by atoms with Crippen LogP contribution < -0.4 is 16.6 Å². The van der Waals surface area contributed by atoms with Crippen LogP contribution in [0.2, 0.25) is 0 Å². The van der Waals surface area contributed by atoms with Crippen LogP contribution in [-0.2, 0) is 28.7 Å². The predicted molar refractivity (Wildman–Crippen MR) is 179 cm³/mol. The highest BCUT2D eigenvalue weighted by molar-refractivity contribution is 5.75. The summed E-state index contributed by atoms with van der Waals surface area (Å²) in [7, 11) is 0. The number of aliphatic hydroxyl groups excluding tert-OH is 1. The Hall–Kier alpha value is -2.97. The van der Waals surface area contributed by atoms with Gasteiger partial charge in [-0.25, -0.2) is 5.84 Å². The Morgan fingerprint density at radius 1 is 0.673 bits per heavy atom. The van der Waals surface area contributed by atoms with Crippen LogP contribution in [0.4, 0.5) is 0 Å². The van der Waals surface area contributed by atoms with Crippen molar-refractivity contribution in [2.24, 2.45) is 5.84 Å². The lowest BCUT2D eigenvalue weighted by atomic mass is 10.1. The van der Waals surface area contributed by atoms with Gasteiger partial charge in [0.2, 0.25) is 5.91 Å². The number of aliphatic carboxylic acids is 4. The normalized spacial score (nSPS) is 18.3. The molecular weight excluding hydrogens is 646 g/mol. The van der Waals surface area contributed by atoms with Crippen molar-refractivity contribution >= 4 is 29.8 Å². The fourth-order valence-electron chi connectivity index (χ4n) is 5.66. The minimum absolute atomic E-state index is 0.0154. The van der Waals surface area contributed by atoms with Gasteiger partial charge >= 0.3 is 23.9 Å². The maximum atomic E-state index is 11.8. The zero-order valence-corrected chi connectivity index (χ0v) is 28.7. The molecule has 49 heavy (non-hydrogen) atoms. The van der Waals surface area contributed by atoms with Crippen molar-refractivity contribution in [2.45, 2.75) is 69.9 Å². The first-order chi connectivity index (χ1) is 23.4. The lowest BCUT2D eigenvalue weighted by molar-refractivity contribution is -0.142. The molecule has 9 N–H and O–H groups in total. The van der Waals surface area contributed by atoms with Crippen LogP contribution in [0, 0.1) is 0 Å². The molecular formula is C31H59N7O11. The molecule has 1 heterocycles. The molecule has 2 atom stereocenters. The Labute approximate surface area is 288 Å². The summed E-state index contributed by atoms with van der Waals surface area (Å²) >= 11 is 0. The van der Waals surface area contributed by atoms with Gasteiger partial charge in [0, 0.05) is 64.8 Å². The van der Waals surface area contributed by atoms with Gasteiger partial charge in [-0.2, -0.15) is 0 Å². The Morgan fingerprint density at radius 3 is 1.67 bits per heavy atom. The topological polar surface area (TPSA) is 259 Å². The molecule has 0 bridgehead atoms. The summed E-state index contributed by atoms with van der Waals surface area (Å²) in [6.45, 7) is 0.876. The summed E-state index contributed by atoms with van der Waals surface area (Å²) in [4.78, 5) is 64.0. The Bertz CT molecular complexity index is 978. The average Bonchev–Trinajstić information content (AvgIpc) is 3.02. The molecule has 0 radical (unpaired) electrons. The molecule has 1 saturated heterocycles. The monoisotopic (exact) mass is 705 g/mol. The highest BCUT2D eigenvalue weighted by Gasteiger charge is 2.27. The number of rotatable bonds is 25. The number of hydrazine groups is 1. The van der Waals surface area contributed by atoms with E-state index in [2.05, 4.69) is 10.7 Å². The quantitative estimate of drug-likeness (QED) is 0.0230. The van der Waals surface area contributed by atoms with E-state index < -0.39 is 42.6 Å². The molecule has 0 aromatic carbocycles. The highest BCUT2D eigenvalue weighted by Crippen LogP contribution is 2.10. The fraction of sp³-hybridized carbons (Fsp3) is 0.839. The molecule has 18 nitrogen and oxygen atoms in total. The van der Waals surface area contributed by atoms with Crippen LogP contribution in [0.15, 0.2) is 0 Å². The number of carboxylic acids is 4. The minimum Gasteiger partial charge on any atom is -0.480 e. The molecule has 0 spiro atoms. The lowest BCUT2D eigenvalue weighted by Gasteiger charge is -2.37. The molecule has 1 rings (SSSR count). The van der Waals surface area contributed by atoms with Crippen molar-refractivity contribution in [1.82, 2.24) is 30.3 Å². The largest absolute Gasteiger partial charge is 0.480 e. The number of nitrogens with zero attached hydrogens (tertiary/aromatic N) is 4. The van der Waals surface area contributed by atoms with Crippen LogP contribution in [-0.4, -0.2) is 185 Å². The van der Waals surface area contributed by atoms with E-state index in [1.165, 1.54) is 0 Å². The van der Waals surface area contributed by atoms with Gasteiger partial charge in [0.1, 0.15) is 0 Å². The summed E-state index contributed by atoms with van der Waals surface area (Å²) < 4.78 is 5.84. The molecule has 1 aliphatic heterocycles. The SMILES string of the molecule is NNC(=O)CCCCCCCCCCNCC(O)COCC1CN(CC(=O)O)CCN(CC(=O)O)CCN(CC(=O)O)CCN1CC(=O)O. The standard InChI is InChI=1S/C31H59N7O11/c32-34-27(40)9-7-5-3-1-2-4-6-8-10-33-17-26(39)24-49-23-25-18-37(21-30(45)46)14-13-35(19-28(41)42)11-12-36(20-29(43)44)15-16-38(25)22-31(47)48/h25-26,33,39H,1-24,32H2,(H,34,40)(H,41,42)(H,43,44)(H,45,46)(H,47,48). The first kappa shape index (κ1) is 44.1. The van der Waals surface area contributed by atoms with Crippen molar-refractivity contribution < 1.29 is 54.2 Å². The van der Waals surface area contributed by atoms with E-state index >= 15 is 0 Å². The number of carbonyl (C=O) groups excluding carboxylic acids is 1. The predicted octanol–water partition coefficient (Wildman–Crippen LogP) is -1.62. The number of unbranched alkanes of at least 4 members (excludes halogenated alkanes) is 7. The second-order valence-corrected chi connectivity index (χ2v) is 12.5. The second-order valence-electron chi connectivity index (χ2n) is 12.5. The summed E-state index contributed by atoms with van der Waals surface area (Å²) in [6.07, 6.45) is 7.93. The minimum atomic E-state index is -1.11. The van der Waals surface area contributed by atoms with Gasteiger partial charge in [-0.3, -0.25) is 49.0 Å². The third kappa shape index (κ3) is 23.9. The first-order valence-electron chi connectivity index (χ1n) is 17.1. The Morgan fingerprint density at radius 2 is 1.14 bits per heavy atom. The van der Waals surface area contributed by atoms with E-state index in [9.17, 15) is 49.5 Å². The number of nitrogens with one attached hydrogen (secondary N) is 2. The summed E-state index contributed by atoms with van der Waals surface area (Å²) in [5, 5.41) is 51.7. The van der Waals surface area contributed by atoms with E-state index in [-0.39, 0.29) is 84.6 Å². The van der Waals surface area contributed by atoms with Gasteiger partial charge in [-0.15, -0.1) is 0 Å². The first-order valence-corrected chi connectivity index (χ1v) is 17.1. The zero-order chi connectivity index (χ0) is 36.4. The van der Waals surface area contributed by atoms with Gasteiger partial charge in [-0.1, -0.05) is 38.5 Å². The maximum absolute atomic E-state index is 11.8. The maximum Gasteiger partial charge on any atom is 0.317 e. The third-order valence-corrected chi connectivity index (χ3v) is 8.24. The number of aliphatic hydroxyl groups is 1. The van der Waals surface area contributed by atoms with E-state index in [1.807, 2.05) is 0 Å². The number of nitrogens with two attached hydrogens (primary N) is 1. The summed E-state index contributed by atoms with van der Waals surface area (Å²) in [5.41, 5.74) is 2.13. The van der Waals surface area contributed by atoms with Crippen LogP contribution >= 0.6 is 0 Å². The van der Waals surface area contributed by atoms with E-state index in [0.717, 1.165) is 57.9 Å². The van der Waals surface area contributed by atoms with Crippen molar-refractivity contribution in [3.05, 3.63) is 0 Å². The van der Waals surface area contributed by atoms with Gasteiger partial charge in [0.05, 0.1) is 45.5 Å². The number of carboxylic acid groups (broad SMARTS) is 4. The summed E-state index contributed by atoms with van der Waals surface area (Å²) in [5.74, 6) is 0.583. The number of carbonyl (C=O) groups is 5. The third-order valence-electron chi connectivity index (χ3n) is 8.24. The number of hydrogen-bond donors (Lipinski definition) is 8. The lowest BCUT2D eigenvalue weighted by Crippen LogP contribution is -2.54. The Kier molecular flexibility index (Phi) is 24.1. The van der Waals surface area contributed by atoms with E-state index in [1.54, 1.807) is 19.6 Å². The fourth-order valence-corrected chi connectivity index (χ4v) is 5.66. The second kappa shape index (κ2) is 26.8. The van der Waals surface area contributed by atoms with Crippen molar-refractivity contribution in [1.29, 1.82) is 0 Å².